The second-order valence-electron chi connectivity index (χ2n) is 6.19. The Labute approximate surface area is 146 Å². The van der Waals surface area contributed by atoms with E-state index in [2.05, 4.69) is 16.4 Å². The number of carbonyl (C=O) groups is 1. The number of carboxylic acids is 1. The molecule has 0 bridgehead atoms. The molecule has 0 radical (unpaired) electrons. The maximum Gasteiger partial charge on any atom is 0.305 e. The Morgan fingerprint density at radius 1 is 1.29 bits per heavy atom. The third-order valence-corrected chi connectivity index (χ3v) is 4.75. The van der Waals surface area contributed by atoms with Gasteiger partial charge in [-0.05, 0) is 60.6 Å². The van der Waals surface area contributed by atoms with Crippen LogP contribution in [-0.4, -0.2) is 16.1 Å². The van der Waals surface area contributed by atoms with Crippen LogP contribution in [0.4, 0.5) is 0 Å². The lowest BCUT2D eigenvalue weighted by Crippen LogP contribution is -2.25. The third kappa shape index (κ3) is 4.13. The lowest BCUT2D eigenvalue weighted by molar-refractivity contribution is -0.137. The van der Waals surface area contributed by atoms with E-state index in [4.69, 9.17) is 11.6 Å². The summed E-state index contributed by atoms with van der Waals surface area (Å²) in [6, 6.07) is 9.16. The van der Waals surface area contributed by atoms with E-state index in [-0.39, 0.29) is 12.5 Å². The van der Waals surface area contributed by atoms with Crippen molar-refractivity contribution in [3.05, 3.63) is 63.9 Å². The molecule has 1 aliphatic rings. The van der Waals surface area contributed by atoms with Crippen LogP contribution >= 0.6 is 11.6 Å². The third-order valence-electron chi connectivity index (χ3n) is 4.51. The van der Waals surface area contributed by atoms with Crippen molar-refractivity contribution in [1.82, 2.24) is 10.3 Å². The number of aryl methyl sites for hydroxylation is 1. The molecule has 2 N–H and O–H groups in total. The summed E-state index contributed by atoms with van der Waals surface area (Å²) in [5.74, 6) is -0.837. The summed E-state index contributed by atoms with van der Waals surface area (Å²) in [6.45, 7) is 0.563. The molecule has 0 aliphatic heterocycles. The first-order chi connectivity index (χ1) is 11.6. The minimum absolute atomic E-state index is 0.00929. The van der Waals surface area contributed by atoms with E-state index in [9.17, 15) is 9.90 Å². The summed E-state index contributed by atoms with van der Waals surface area (Å²) >= 11 is 6.05. The summed E-state index contributed by atoms with van der Waals surface area (Å²) in [5, 5.41) is 13.2. The van der Waals surface area contributed by atoms with Crippen LogP contribution in [0, 0.1) is 0 Å². The molecule has 1 heterocycles. The fourth-order valence-electron chi connectivity index (χ4n) is 3.32. The van der Waals surface area contributed by atoms with E-state index in [1.165, 1.54) is 24.0 Å². The molecular weight excluding hydrogens is 324 g/mol. The Morgan fingerprint density at radius 3 is 2.92 bits per heavy atom. The van der Waals surface area contributed by atoms with Crippen LogP contribution in [0.25, 0.3) is 0 Å². The number of aliphatic carboxylic acids is 1. The Hall–Kier alpha value is -1.91. The highest BCUT2D eigenvalue weighted by atomic mass is 35.5. The largest absolute Gasteiger partial charge is 0.481 e. The van der Waals surface area contributed by atoms with Gasteiger partial charge < -0.3 is 10.4 Å². The van der Waals surface area contributed by atoms with Crippen LogP contribution in [0.3, 0.4) is 0 Å². The number of nitrogens with zero attached hydrogens (tertiary/aromatic N) is 1. The molecule has 1 aromatic carbocycles. The van der Waals surface area contributed by atoms with Crippen LogP contribution in [0.15, 0.2) is 36.5 Å². The minimum Gasteiger partial charge on any atom is -0.481 e. The predicted octanol–water partition coefficient (Wildman–Crippen LogP) is 3.92. The summed E-state index contributed by atoms with van der Waals surface area (Å²) < 4.78 is 0. The molecule has 1 atom stereocenters. The Kier molecular flexibility index (Phi) is 5.48. The predicted molar refractivity (Wildman–Crippen MR) is 94.2 cm³/mol. The average Bonchev–Trinajstić information content (AvgIpc) is 2.58. The molecule has 4 nitrogen and oxygen atoms in total. The number of fused-ring (bicyclic) bond motifs is 1. The number of halogens is 1. The van der Waals surface area contributed by atoms with E-state index < -0.39 is 5.97 Å². The summed E-state index contributed by atoms with van der Waals surface area (Å²) in [7, 11) is 0. The van der Waals surface area contributed by atoms with Crippen LogP contribution in [0.2, 0.25) is 5.02 Å². The van der Waals surface area contributed by atoms with Gasteiger partial charge in [-0.25, -0.2) is 0 Å². The lowest BCUT2D eigenvalue weighted by Gasteiger charge is -2.21. The normalized spacial score (nSPS) is 14.9. The van der Waals surface area contributed by atoms with Crippen LogP contribution in [0.1, 0.15) is 47.7 Å². The molecule has 2 aromatic rings. The first kappa shape index (κ1) is 16.9. The zero-order chi connectivity index (χ0) is 16.9. The highest BCUT2D eigenvalue weighted by Gasteiger charge is 2.18. The number of aromatic nitrogens is 1. The minimum atomic E-state index is -0.837. The fourth-order valence-corrected chi connectivity index (χ4v) is 3.51. The molecule has 0 saturated carbocycles. The number of pyridine rings is 1. The Bertz CT molecular complexity index is 733. The van der Waals surface area contributed by atoms with E-state index >= 15 is 0 Å². The van der Waals surface area contributed by atoms with Crippen molar-refractivity contribution in [3.63, 3.8) is 0 Å². The van der Waals surface area contributed by atoms with Crippen molar-refractivity contribution in [2.24, 2.45) is 0 Å². The van der Waals surface area contributed by atoms with E-state index in [1.807, 2.05) is 24.4 Å². The lowest BCUT2D eigenvalue weighted by atomic mass is 9.91. The number of nitrogens with one attached hydrogen (secondary N) is 1. The highest BCUT2D eigenvalue weighted by molar-refractivity contribution is 6.30. The van der Waals surface area contributed by atoms with Crippen LogP contribution in [0.5, 0.6) is 0 Å². The zero-order valence-electron chi connectivity index (χ0n) is 13.5. The van der Waals surface area contributed by atoms with Crippen molar-refractivity contribution in [3.8, 4) is 0 Å². The monoisotopic (exact) mass is 344 g/mol. The van der Waals surface area contributed by atoms with Gasteiger partial charge in [0, 0.05) is 23.8 Å². The quantitative estimate of drug-likeness (QED) is 0.833. The molecule has 3 rings (SSSR count). The standard InChI is InChI=1S/C19H21ClN2O2/c20-15-6-3-5-14(10-15)17(11-19(23)24)22-12-18-16-7-2-1-4-13(16)8-9-21-18/h3,5-6,8-10,17,22H,1-2,4,7,11-12H2,(H,23,24)/t17-/m1/s1. The summed E-state index contributed by atoms with van der Waals surface area (Å²) in [6.07, 6.45) is 6.45. The number of benzene rings is 1. The van der Waals surface area contributed by atoms with Gasteiger partial charge in [0.25, 0.3) is 0 Å². The van der Waals surface area contributed by atoms with Crippen molar-refractivity contribution >= 4 is 17.6 Å². The van der Waals surface area contributed by atoms with Gasteiger partial charge >= 0.3 is 5.97 Å². The van der Waals surface area contributed by atoms with Crippen molar-refractivity contribution in [2.75, 3.05) is 0 Å². The number of rotatable bonds is 6. The second-order valence-corrected chi connectivity index (χ2v) is 6.63. The zero-order valence-corrected chi connectivity index (χ0v) is 14.2. The van der Waals surface area contributed by atoms with Gasteiger partial charge in [-0.3, -0.25) is 9.78 Å². The molecule has 5 heteroatoms. The van der Waals surface area contributed by atoms with Gasteiger partial charge in [-0.15, -0.1) is 0 Å². The molecule has 1 aliphatic carbocycles. The molecule has 1 aromatic heterocycles. The molecule has 24 heavy (non-hydrogen) atoms. The average molecular weight is 345 g/mol. The smallest absolute Gasteiger partial charge is 0.305 e. The molecule has 126 valence electrons. The van der Waals surface area contributed by atoms with Gasteiger partial charge in [0.2, 0.25) is 0 Å². The van der Waals surface area contributed by atoms with Gasteiger partial charge in [-0.2, -0.15) is 0 Å². The van der Waals surface area contributed by atoms with Crippen molar-refractivity contribution in [1.29, 1.82) is 0 Å². The van der Waals surface area contributed by atoms with Crippen LogP contribution < -0.4 is 5.32 Å². The van der Waals surface area contributed by atoms with E-state index in [0.29, 0.717) is 11.6 Å². The van der Waals surface area contributed by atoms with Gasteiger partial charge in [0.15, 0.2) is 0 Å². The first-order valence-electron chi connectivity index (χ1n) is 8.30. The maximum atomic E-state index is 11.2. The van der Waals surface area contributed by atoms with Gasteiger partial charge in [0.05, 0.1) is 12.1 Å². The van der Waals surface area contributed by atoms with Gasteiger partial charge in [0.1, 0.15) is 0 Å². The number of carboxylic acid groups (broad SMARTS) is 1. The number of hydrogen-bond acceptors (Lipinski definition) is 3. The molecular formula is C19H21ClN2O2. The van der Waals surface area contributed by atoms with Crippen LogP contribution in [-0.2, 0) is 24.2 Å². The number of hydrogen-bond donors (Lipinski definition) is 2. The maximum absolute atomic E-state index is 11.2. The Balaban J connectivity index is 1.78. The van der Waals surface area contributed by atoms with Gasteiger partial charge in [-0.1, -0.05) is 23.7 Å². The fraction of sp³-hybridized carbons (Fsp3) is 0.368. The Morgan fingerprint density at radius 2 is 2.12 bits per heavy atom. The highest BCUT2D eigenvalue weighted by Crippen LogP contribution is 2.25. The topological polar surface area (TPSA) is 62.2 Å². The summed E-state index contributed by atoms with van der Waals surface area (Å²) in [4.78, 5) is 15.7. The van der Waals surface area contributed by atoms with Crippen molar-refractivity contribution < 1.29 is 9.90 Å². The van der Waals surface area contributed by atoms with E-state index in [1.54, 1.807) is 6.07 Å². The second kappa shape index (κ2) is 7.77. The van der Waals surface area contributed by atoms with E-state index in [0.717, 1.165) is 24.1 Å². The molecule has 0 amide bonds. The summed E-state index contributed by atoms with van der Waals surface area (Å²) in [5.41, 5.74) is 4.63. The molecule has 0 spiro atoms. The molecule has 0 saturated heterocycles. The first-order valence-corrected chi connectivity index (χ1v) is 8.67. The van der Waals surface area contributed by atoms with Crippen molar-refractivity contribution in [2.45, 2.75) is 44.7 Å². The SMILES string of the molecule is O=C(O)C[C@@H](NCc1nccc2c1CCCC2)c1cccc(Cl)c1. The molecule has 0 fully saturated rings. The molecule has 0 unspecified atom stereocenters.